The lowest BCUT2D eigenvalue weighted by Gasteiger charge is -2.39. The maximum Gasteiger partial charge on any atom is 0.262 e. The van der Waals surface area contributed by atoms with Crippen LogP contribution >= 0.6 is 11.8 Å². The molecule has 4 nitrogen and oxygen atoms in total. The zero-order chi connectivity index (χ0) is 20.2. The molecule has 1 saturated heterocycles. The Balaban J connectivity index is 1.66. The van der Waals surface area contributed by atoms with Crippen molar-refractivity contribution < 1.29 is 9.53 Å². The molecule has 4 rings (SSSR count). The highest BCUT2D eigenvalue weighted by Gasteiger charge is 2.42. The van der Waals surface area contributed by atoms with E-state index in [2.05, 4.69) is 29.3 Å². The molecule has 1 heterocycles. The molecular formula is C24H28N2O2S. The van der Waals surface area contributed by atoms with Crippen molar-refractivity contribution in [3.63, 3.8) is 0 Å². The topological polar surface area (TPSA) is 41.6 Å². The van der Waals surface area contributed by atoms with E-state index >= 15 is 0 Å². The van der Waals surface area contributed by atoms with Crippen molar-refractivity contribution in [3.8, 4) is 5.75 Å². The molecule has 1 aliphatic carbocycles. The number of hydrogen-bond acceptors (Lipinski definition) is 4. The zero-order valence-electron chi connectivity index (χ0n) is 17.0. The number of benzene rings is 2. The number of nitrogens with zero attached hydrogens (tertiary/aromatic N) is 1. The van der Waals surface area contributed by atoms with Crippen LogP contribution in [0.2, 0.25) is 0 Å². The van der Waals surface area contributed by atoms with Crippen molar-refractivity contribution in [1.29, 1.82) is 0 Å². The minimum atomic E-state index is -0.101. The molecule has 1 amide bonds. The molecule has 3 atom stereocenters. The van der Waals surface area contributed by atoms with Crippen LogP contribution in [0.3, 0.4) is 0 Å². The second kappa shape index (κ2) is 8.95. The lowest BCUT2D eigenvalue weighted by molar-refractivity contribution is -0.129. The number of hydrogen-bond donors (Lipinski definition) is 1. The molecule has 5 heteroatoms. The van der Waals surface area contributed by atoms with Gasteiger partial charge in [-0.2, -0.15) is 0 Å². The summed E-state index contributed by atoms with van der Waals surface area (Å²) >= 11 is 1.60. The van der Waals surface area contributed by atoms with E-state index in [1.54, 1.807) is 18.9 Å². The van der Waals surface area contributed by atoms with Gasteiger partial charge in [0.1, 0.15) is 5.75 Å². The SMILES string of the molecule is COc1ccccc1/C=C1\SC(Nc2ccccc2)N([C@H]2CCCC[C@@H]2C)C1=O. The molecule has 0 spiro atoms. The van der Waals surface area contributed by atoms with E-state index in [-0.39, 0.29) is 17.4 Å². The molecule has 1 saturated carbocycles. The number of carbonyl (C=O) groups excluding carboxylic acids is 1. The molecular weight excluding hydrogens is 380 g/mol. The minimum Gasteiger partial charge on any atom is -0.496 e. The number of thioether (sulfide) groups is 1. The molecule has 0 bridgehead atoms. The predicted octanol–water partition coefficient (Wildman–Crippen LogP) is 5.59. The van der Waals surface area contributed by atoms with Gasteiger partial charge in [-0.25, -0.2) is 0 Å². The van der Waals surface area contributed by atoms with E-state index in [1.165, 1.54) is 19.3 Å². The van der Waals surface area contributed by atoms with Gasteiger partial charge in [-0.3, -0.25) is 4.79 Å². The average molecular weight is 409 g/mol. The maximum absolute atomic E-state index is 13.5. The smallest absolute Gasteiger partial charge is 0.262 e. The molecule has 0 aromatic heterocycles. The van der Waals surface area contributed by atoms with Gasteiger partial charge in [-0.05, 0) is 43.0 Å². The maximum atomic E-state index is 13.5. The van der Waals surface area contributed by atoms with Gasteiger partial charge >= 0.3 is 0 Å². The molecule has 1 N–H and O–H groups in total. The van der Waals surface area contributed by atoms with Crippen molar-refractivity contribution in [1.82, 2.24) is 4.90 Å². The number of para-hydroxylation sites is 2. The normalized spacial score (nSPS) is 26.0. The highest BCUT2D eigenvalue weighted by Crippen LogP contribution is 2.42. The van der Waals surface area contributed by atoms with Crippen LogP contribution in [0.4, 0.5) is 5.69 Å². The Hall–Kier alpha value is -2.40. The van der Waals surface area contributed by atoms with Crippen LogP contribution in [0, 0.1) is 5.92 Å². The van der Waals surface area contributed by atoms with Gasteiger partial charge < -0.3 is 15.0 Å². The van der Waals surface area contributed by atoms with Gasteiger partial charge in [0.25, 0.3) is 5.91 Å². The molecule has 2 aliphatic rings. The second-order valence-corrected chi connectivity index (χ2v) is 8.89. The number of rotatable bonds is 5. The Morgan fingerprint density at radius 3 is 2.55 bits per heavy atom. The fourth-order valence-corrected chi connectivity index (χ4v) is 5.50. The number of amides is 1. The summed E-state index contributed by atoms with van der Waals surface area (Å²) in [6, 6.07) is 18.2. The number of methoxy groups -OCH3 is 1. The van der Waals surface area contributed by atoms with E-state index in [0.29, 0.717) is 5.92 Å². The molecule has 2 aromatic rings. The Kier molecular flexibility index (Phi) is 6.14. The minimum absolute atomic E-state index is 0.101. The highest BCUT2D eigenvalue weighted by atomic mass is 32.2. The van der Waals surface area contributed by atoms with Crippen LogP contribution < -0.4 is 10.1 Å². The lowest BCUT2D eigenvalue weighted by Crippen LogP contribution is -2.48. The molecule has 29 heavy (non-hydrogen) atoms. The van der Waals surface area contributed by atoms with Crippen molar-refractivity contribution in [3.05, 3.63) is 65.1 Å². The van der Waals surface area contributed by atoms with Crippen LogP contribution in [-0.4, -0.2) is 29.5 Å². The summed E-state index contributed by atoms with van der Waals surface area (Å²) in [5, 5.41) is 3.58. The van der Waals surface area contributed by atoms with Crippen LogP contribution in [0.15, 0.2) is 59.5 Å². The summed E-state index contributed by atoms with van der Waals surface area (Å²) in [6.07, 6.45) is 6.67. The van der Waals surface area contributed by atoms with E-state index in [1.807, 2.05) is 48.5 Å². The first-order valence-electron chi connectivity index (χ1n) is 10.3. The Morgan fingerprint density at radius 1 is 1.07 bits per heavy atom. The summed E-state index contributed by atoms with van der Waals surface area (Å²) in [5.74, 6) is 1.41. The Bertz CT molecular complexity index is 883. The van der Waals surface area contributed by atoms with E-state index in [9.17, 15) is 4.79 Å². The quantitative estimate of drug-likeness (QED) is 0.655. The van der Waals surface area contributed by atoms with Crippen molar-refractivity contribution in [2.24, 2.45) is 5.92 Å². The Morgan fingerprint density at radius 2 is 1.79 bits per heavy atom. The first kappa shape index (κ1) is 19.9. The number of anilines is 1. The van der Waals surface area contributed by atoms with Crippen molar-refractivity contribution >= 4 is 29.4 Å². The van der Waals surface area contributed by atoms with Crippen molar-refractivity contribution in [2.45, 2.75) is 44.1 Å². The number of nitrogens with one attached hydrogen (secondary N) is 1. The predicted molar refractivity (Wildman–Crippen MR) is 121 cm³/mol. The third kappa shape index (κ3) is 4.30. The second-order valence-electron chi connectivity index (χ2n) is 7.77. The molecule has 1 unspecified atom stereocenters. The molecule has 2 aromatic carbocycles. The van der Waals surface area contributed by atoms with Crippen LogP contribution in [0.25, 0.3) is 6.08 Å². The van der Waals surface area contributed by atoms with Gasteiger partial charge in [0.2, 0.25) is 0 Å². The number of ether oxygens (including phenoxy) is 1. The fourth-order valence-electron chi connectivity index (χ4n) is 4.29. The van der Waals surface area contributed by atoms with Gasteiger partial charge in [-0.1, -0.05) is 67.9 Å². The van der Waals surface area contributed by atoms with Crippen LogP contribution in [-0.2, 0) is 4.79 Å². The first-order valence-corrected chi connectivity index (χ1v) is 11.2. The fraction of sp³-hybridized carbons (Fsp3) is 0.375. The standard InChI is InChI=1S/C24H28N2O2S/c1-17-10-6-8-14-20(17)26-23(27)22(16-18-11-7-9-15-21(18)28-2)29-24(26)25-19-12-4-3-5-13-19/h3-5,7,9,11-13,15-17,20,24-25H,6,8,10,14H2,1-2H3/b22-16-/t17-,20-,24?/m0/s1. The first-order chi connectivity index (χ1) is 14.2. The van der Waals surface area contributed by atoms with E-state index < -0.39 is 0 Å². The van der Waals surface area contributed by atoms with Gasteiger partial charge in [0.05, 0.1) is 12.0 Å². The third-order valence-corrected chi connectivity index (χ3v) is 6.96. The average Bonchev–Trinajstić information content (AvgIpc) is 3.04. The summed E-state index contributed by atoms with van der Waals surface area (Å²) in [4.78, 5) is 16.4. The van der Waals surface area contributed by atoms with E-state index in [0.717, 1.165) is 28.3 Å². The van der Waals surface area contributed by atoms with Gasteiger partial charge in [0.15, 0.2) is 5.50 Å². The monoisotopic (exact) mass is 408 g/mol. The van der Waals surface area contributed by atoms with Crippen molar-refractivity contribution in [2.75, 3.05) is 12.4 Å². The molecule has 1 aliphatic heterocycles. The molecule has 152 valence electrons. The summed E-state index contributed by atoms with van der Waals surface area (Å²) < 4.78 is 5.48. The molecule has 0 radical (unpaired) electrons. The largest absolute Gasteiger partial charge is 0.496 e. The summed E-state index contributed by atoms with van der Waals surface area (Å²) in [7, 11) is 1.66. The van der Waals surface area contributed by atoms with E-state index in [4.69, 9.17) is 4.74 Å². The van der Waals surface area contributed by atoms with Crippen LogP contribution in [0.1, 0.15) is 38.2 Å². The zero-order valence-corrected chi connectivity index (χ0v) is 17.8. The highest BCUT2D eigenvalue weighted by molar-refractivity contribution is 8.05. The van der Waals surface area contributed by atoms with Gasteiger partial charge in [-0.15, -0.1) is 0 Å². The number of carbonyl (C=O) groups is 1. The van der Waals surface area contributed by atoms with Crippen LogP contribution in [0.5, 0.6) is 5.75 Å². The van der Waals surface area contributed by atoms with Gasteiger partial charge in [0, 0.05) is 17.3 Å². The molecule has 2 fully saturated rings. The lowest BCUT2D eigenvalue weighted by atomic mass is 9.85. The Labute approximate surface area is 177 Å². The summed E-state index contributed by atoms with van der Waals surface area (Å²) in [5.41, 5.74) is 1.86. The third-order valence-electron chi connectivity index (χ3n) is 5.85. The summed E-state index contributed by atoms with van der Waals surface area (Å²) in [6.45, 7) is 2.28.